The summed E-state index contributed by atoms with van der Waals surface area (Å²) in [5, 5.41) is 6.40. The predicted molar refractivity (Wildman–Crippen MR) is 228 cm³/mol. The van der Waals surface area contributed by atoms with Gasteiger partial charge in [0, 0.05) is 96.3 Å². The zero-order chi connectivity index (χ0) is 40.2. The average Bonchev–Trinajstić information content (AvgIpc) is 3.85. The number of carbonyl (C=O) groups excluding carboxylic acids is 1. The number of amides is 2. The lowest BCUT2D eigenvalue weighted by atomic mass is 10.2. The summed E-state index contributed by atoms with van der Waals surface area (Å²) in [7, 11) is 7.84. The molecule has 0 aliphatic carbocycles. The van der Waals surface area contributed by atoms with E-state index < -0.39 is 0 Å². The minimum Gasteiger partial charge on any atom is -0.384 e. The Balaban J connectivity index is 0.000000144. The normalized spacial score (nSPS) is 16.7. The first-order valence-corrected chi connectivity index (χ1v) is 19.2. The fourth-order valence-corrected chi connectivity index (χ4v) is 7.20. The highest BCUT2D eigenvalue weighted by Gasteiger charge is 2.41. The van der Waals surface area contributed by atoms with E-state index in [0.29, 0.717) is 29.3 Å². The van der Waals surface area contributed by atoms with E-state index in [1.807, 2.05) is 98.9 Å². The molecule has 58 heavy (non-hydrogen) atoms. The second-order valence-corrected chi connectivity index (χ2v) is 14.7. The molecule has 2 amide bonds. The molecule has 10 rings (SSSR count). The van der Waals surface area contributed by atoms with Crippen molar-refractivity contribution in [3.8, 4) is 22.8 Å². The van der Waals surface area contributed by atoms with Crippen molar-refractivity contribution in [3.05, 3.63) is 97.8 Å². The number of nitrogen functional groups attached to an aromatic ring is 1. The highest BCUT2D eigenvalue weighted by molar-refractivity contribution is 6.04. The third-order valence-corrected chi connectivity index (χ3v) is 10.2. The highest BCUT2D eigenvalue weighted by atomic mass is 16.2. The third-order valence-electron chi connectivity index (χ3n) is 10.2. The molecule has 0 aromatic carbocycles. The number of urea groups is 1. The van der Waals surface area contributed by atoms with Gasteiger partial charge in [-0.2, -0.15) is 0 Å². The van der Waals surface area contributed by atoms with Crippen molar-refractivity contribution < 1.29 is 4.79 Å². The summed E-state index contributed by atoms with van der Waals surface area (Å²) in [6.07, 6.45) is 12.7. The van der Waals surface area contributed by atoms with Gasteiger partial charge in [-0.25, -0.2) is 44.7 Å². The molecular formula is C41H46N16O. The fraction of sp³-hybridized carbons (Fsp3) is 0.293. The van der Waals surface area contributed by atoms with E-state index in [2.05, 4.69) is 55.3 Å². The molecule has 4 aliphatic rings. The van der Waals surface area contributed by atoms with E-state index >= 15 is 0 Å². The van der Waals surface area contributed by atoms with Gasteiger partial charge in [-0.1, -0.05) is 12.1 Å². The molecule has 10 heterocycles. The number of hydrogen-bond donors (Lipinski definition) is 3. The van der Waals surface area contributed by atoms with Gasteiger partial charge in [-0.3, -0.25) is 10.2 Å². The first kappa shape index (κ1) is 37.7. The van der Waals surface area contributed by atoms with E-state index in [-0.39, 0.29) is 12.1 Å². The lowest BCUT2D eigenvalue weighted by molar-refractivity contribution is 0.254. The van der Waals surface area contributed by atoms with Gasteiger partial charge in [0.05, 0.1) is 29.8 Å². The standard InChI is InChI=1S/C21H22N8O.C15H18N6.C5H6N2/c1-27(2)18-7-6-14(11-23-18)19-24-12-16-20(26-19)29(15-8-10-28(16)13-15)21(30)25-17-5-3-4-9-22-17;1-20(2)13-4-3-10(7-16-13)14-17-8-12-15(19-14)18-11-5-6-21(12)9-11;6-5-3-1-2-4-7-5/h3-7,9,11-12,15H,8,10,13H2,1-2H3,(H,22,25,30);3-4,7-8,11H,5-6,9H2,1-2H3,(H,17,18,19);1-4H,(H2,6,7)/t15-;11-;/m00./s1. The Hall–Kier alpha value is -7.17. The molecule has 2 saturated heterocycles. The van der Waals surface area contributed by atoms with Gasteiger partial charge >= 0.3 is 6.03 Å². The summed E-state index contributed by atoms with van der Waals surface area (Å²) < 4.78 is 0. The number of aromatic nitrogens is 8. The molecule has 17 nitrogen and oxygen atoms in total. The summed E-state index contributed by atoms with van der Waals surface area (Å²) >= 11 is 0. The van der Waals surface area contributed by atoms with Crippen molar-refractivity contribution in [2.45, 2.75) is 24.9 Å². The number of nitrogens with two attached hydrogens (primary N) is 1. The molecule has 0 unspecified atom stereocenters. The van der Waals surface area contributed by atoms with Crippen LogP contribution in [0.25, 0.3) is 22.8 Å². The summed E-state index contributed by atoms with van der Waals surface area (Å²) in [6, 6.07) is 19.1. The Bertz CT molecular complexity index is 2330. The largest absolute Gasteiger partial charge is 0.384 e. The van der Waals surface area contributed by atoms with Crippen LogP contribution in [0.4, 0.5) is 51.1 Å². The summed E-state index contributed by atoms with van der Waals surface area (Å²) in [4.78, 5) is 58.8. The van der Waals surface area contributed by atoms with Gasteiger partial charge in [-0.05, 0) is 61.4 Å². The number of nitrogens with one attached hydrogen (secondary N) is 2. The minimum atomic E-state index is -0.229. The number of rotatable bonds is 5. The number of carbonyl (C=O) groups is 1. The van der Waals surface area contributed by atoms with Crippen molar-refractivity contribution in [3.63, 3.8) is 0 Å². The lowest BCUT2D eigenvalue weighted by Gasteiger charge is -2.35. The van der Waals surface area contributed by atoms with E-state index in [1.165, 1.54) is 6.42 Å². The SMILES string of the molecule is CN(C)c1ccc(-c2ncc3c(n2)N(C(=O)Nc2ccccn2)[C@H]2CCN3C2)cn1.CN(C)c1ccc(-c2ncc3c(n2)N[C@H]2CCN3C2)cn1.Nc1ccccn1. The summed E-state index contributed by atoms with van der Waals surface area (Å²) in [5.41, 5.74) is 8.99. The van der Waals surface area contributed by atoms with Gasteiger partial charge in [0.15, 0.2) is 23.3 Å². The van der Waals surface area contributed by atoms with Crippen LogP contribution in [-0.2, 0) is 0 Å². The molecule has 6 aromatic heterocycles. The monoisotopic (exact) mass is 778 g/mol. The Morgan fingerprint density at radius 3 is 1.93 bits per heavy atom. The summed E-state index contributed by atoms with van der Waals surface area (Å²) in [6.45, 7) is 3.82. The second kappa shape index (κ2) is 16.5. The quantitative estimate of drug-likeness (QED) is 0.214. The van der Waals surface area contributed by atoms with Crippen LogP contribution >= 0.6 is 0 Å². The van der Waals surface area contributed by atoms with E-state index in [1.54, 1.807) is 41.8 Å². The van der Waals surface area contributed by atoms with Crippen molar-refractivity contribution >= 4 is 52.3 Å². The van der Waals surface area contributed by atoms with Gasteiger partial charge < -0.3 is 30.7 Å². The van der Waals surface area contributed by atoms with Crippen molar-refractivity contribution in [2.75, 3.05) is 95.2 Å². The number of hydrogen-bond acceptors (Lipinski definition) is 15. The van der Waals surface area contributed by atoms with E-state index in [4.69, 9.17) is 10.7 Å². The first-order chi connectivity index (χ1) is 28.2. The summed E-state index contributed by atoms with van der Waals surface area (Å²) in [5.74, 6) is 5.72. The van der Waals surface area contributed by atoms with Gasteiger partial charge in [0.25, 0.3) is 0 Å². The molecular weight excluding hydrogens is 733 g/mol. The topological polar surface area (TPSA) is 186 Å². The van der Waals surface area contributed by atoms with Gasteiger partial charge in [0.1, 0.15) is 23.3 Å². The Morgan fingerprint density at radius 1 is 0.707 bits per heavy atom. The van der Waals surface area contributed by atoms with Crippen LogP contribution in [0.5, 0.6) is 0 Å². The second-order valence-electron chi connectivity index (χ2n) is 14.7. The predicted octanol–water partition coefficient (Wildman–Crippen LogP) is 4.90. The van der Waals surface area contributed by atoms with Crippen LogP contribution in [0.3, 0.4) is 0 Å². The van der Waals surface area contributed by atoms with Crippen LogP contribution < -0.4 is 40.9 Å². The molecule has 296 valence electrons. The molecule has 0 saturated carbocycles. The number of pyridine rings is 4. The fourth-order valence-electron chi connectivity index (χ4n) is 7.20. The number of nitrogens with zero attached hydrogens (tertiary/aromatic N) is 13. The van der Waals surface area contributed by atoms with Crippen LogP contribution in [0.15, 0.2) is 97.8 Å². The molecule has 6 aromatic rings. The van der Waals surface area contributed by atoms with Crippen LogP contribution in [0.1, 0.15) is 12.8 Å². The molecule has 0 radical (unpaired) electrons. The Morgan fingerprint density at radius 2 is 1.34 bits per heavy atom. The van der Waals surface area contributed by atoms with Gasteiger partial charge in [0.2, 0.25) is 0 Å². The van der Waals surface area contributed by atoms with E-state index in [9.17, 15) is 4.79 Å². The van der Waals surface area contributed by atoms with Crippen LogP contribution in [0, 0.1) is 0 Å². The Labute approximate surface area is 337 Å². The smallest absolute Gasteiger partial charge is 0.329 e. The molecule has 4 N–H and O–H groups in total. The Kier molecular flexibility index (Phi) is 10.7. The molecule has 2 fully saturated rings. The minimum absolute atomic E-state index is 0.0678. The van der Waals surface area contributed by atoms with Crippen molar-refractivity contribution in [1.82, 2.24) is 39.9 Å². The third kappa shape index (κ3) is 8.18. The van der Waals surface area contributed by atoms with Crippen molar-refractivity contribution in [2.24, 2.45) is 0 Å². The van der Waals surface area contributed by atoms with E-state index in [0.717, 1.165) is 78.4 Å². The maximum Gasteiger partial charge on any atom is 0.329 e. The van der Waals surface area contributed by atoms with Crippen molar-refractivity contribution in [1.29, 1.82) is 0 Å². The zero-order valence-electron chi connectivity index (χ0n) is 32.9. The molecule has 4 bridgehead atoms. The van der Waals surface area contributed by atoms with Gasteiger partial charge in [-0.15, -0.1) is 0 Å². The average molecular weight is 779 g/mol. The lowest BCUT2D eigenvalue weighted by Crippen LogP contribution is -2.48. The van der Waals surface area contributed by atoms with Crippen LogP contribution in [0.2, 0.25) is 0 Å². The number of fused-ring (bicyclic) bond motifs is 8. The number of anilines is 8. The molecule has 0 spiro atoms. The maximum atomic E-state index is 13.2. The first-order valence-electron chi connectivity index (χ1n) is 19.2. The molecule has 4 aliphatic heterocycles. The highest BCUT2D eigenvalue weighted by Crippen LogP contribution is 2.40. The molecule has 2 atom stereocenters. The zero-order valence-corrected chi connectivity index (χ0v) is 32.9. The van der Waals surface area contributed by atoms with Crippen LogP contribution in [-0.4, -0.2) is 112 Å². The molecule has 17 heteroatoms. The maximum absolute atomic E-state index is 13.2.